The lowest BCUT2D eigenvalue weighted by Crippen LogP contribution is -2.45. The SMILES string of the molecule is CCN(C[C@H]1COc2ccccc2O1)C(=S)Nc1ccc(C)c(F)c1. The third kappa shape index (κ3) is 4.20. The van der Waals surface area contributed by atoms with E-state index in [-0.39, 0.29) is 11.9 Å². The van der Waals surface area contributed by atoms with Crippen molar-refractivity contribution >= 4 is 23.0 Å². The van der Waals surface area contributed by atoms with Crippen molar-refractivity contribution in [3.05, 3.63) is 53.8 Å². The molecular formula is C19H21FN2O2S. The molecule has 3 rings (SSSR count). The Hall–Kier alpha value is -2.34. The molecule has 0 fully saturated rings. The van der Waals surface area contributed by atoms with Crippen molar-refractivity contribution in [1.29, 1.82) is 0 Å². The van der Waals surface area contributed by atoms with Gasteiger partial charge in [-0.2, -0.15) is 0 Å². The number of benzene rings is 2. The van der Waals surface area contributed by atoms with Gasteiger partial charge in [0.1, 0.15) is 12.4 Å². The summed E-state index contributed by atoms with van der Waals surface area (Å²) < 4.78 is 25.4. The molecule has 1 N–H and O–H groups in total. The third-order valence-electron chi connectivity index (χ3n) is 4.08. The molecule has 1 aliphatic heterocycles. The van der Waals surface area contributed by atoms with Crippen LogP contribution in [0.25, 0.3) is 0 Å². The van der Waals surface area contributed by atoms with Gasteiger partial charge in [-0.25, -0.2) is 4.39 Å². The largest absolute Gasteiger partial charge is 0.486 e. The first-order valence-corrected chi connectivity index (χ1v) is 8.68. The van der Waals surface area contributed by atoms with Crippen molar-refractivity contribution in [2.24, 2.45) is 0 Å². The van der Waals surface area contributed by atoms with Crippen molar-refractivity contribution in [2.45, 2.75) is 20.0 Å². The lowest BCUT2D eigenvalue weighted by Gasteiger charge is -2.32. The number of anilines is 1. The van der Waals surface area contributed by atoms with E-state index in [0.717, 1.165) is 11.5 Å². The minimum Gasteiger partial charge on any atom is -0.486 e. The van der Waals surface area contributed by atoms with Gasteiger partial charge < -0.3 is 19.7 Å². The second-order valence-corrected chi connectivity index (χ2v) is 6.32. The van der Waals surface area contributed by atoms with Gasteiger partial charge >= 0.3 is 0 Å². The average Bonchev–Trinajstić information content (AvgIpc) is 2.62. The van der Waals surface area contributed by atoms with Gasteiger partial charge in [-0.1, -0.05) is 18.2 Å². The molecule has 132 valence electrons. The van der Waals surface area contributed by atoms with Crippen LogP contribution in [0.2, 0.25) is 0 Å². The summed E-state index contributed by atoms with van der Waals surface area (Å²) in [6.45, 7) is 5.51. The van der Waals surface area contributed by atoms with Crippen molar-refractivity contribution in [1.82, 2.24) is 4.90 Å². The number of ether oxygens (including phenoxy) is 2. The van der Waals surface area contributed by atoms with E-state index in [1.165, 1.54) is 6.07 Å². The number of rotatable bonds is 4. The van der Waals surface area contributed by atoms with Crippen LogP contribution >= 0.6 is 12.2 Å². The molecule has 0 unspecified atom stereocenters. The normalized spacial score (nSPS) is 15.6. The molecule has 0 radical (unpaired) electrons. The second kappa shape index (κ2) is 7.70. The molecule has 0 bridgehead atoms. The number of hydrogen-bond donors (Lipinski definition) is 1. The van der Waals surface area contributed by atoms with E-state index in [1.807, 2.05) is 42.2 Å². The molecule has 2 aromatic carbocycles. The zero-order valence-electron chi connectivity index (χ0n) is 14.3. The molecule has 0 amide bonds. The second-order valence-electron chi connectivity index (χ2n) is 5.93. The molecule has 0 aliphatic carbocycles. The standard InChI is InChI=1S/C19H21FN2O2S/c1-3-22(19(25)21-14-9-8-13(2)16(20)10-14)11-15-12-23-17-6-4-5-7-18(17)24-15/h4-10,15H,3,11-12H2,1-2H3,(H,21,25)/t15-/m0/s1. The topological polar surface area (TPSA) is 33.7 Å². The quantitative estimate of drug-likeness (QED) is 0.834. The van der Waals surface area contributed by atoms with Gasteiger partial charge in [0.05, 0.1) is 6.54 Å². The van der Waals surface area contributed by atoms with Gasteiger partial charge in [-0.15, -0.1) is 0 Å². The van der Waals surface area contributed by atoms with Crippen LogP contribution in [-0.4, -0.2) is 35.8 Å². The minimum atomic E-state index is -0.253. The molecule has 6 heteroatoms. The maximum atomic E-state index is 13.7. The molecule has 1 atom stereocenters. The summed E-state index contributed by atoms with van der Waals surface area (Å²) in [7, 11) is 0. The van der Waals surface area contributed by atoms with E-state index in [0.29, 0.717) is 36.1 Å². The van der Waals surface area contributed by atoms with Gasteiger partial charge in [0.15, 0.2) is 22.7 Å². The fourth-order valence-electron chi connectivity index (χ4n) is 2.63. The summed E-state index contributed by atoms with van der Waals surface area (Å²) >= 11 is 5.48. The molecular weight excluding hydrogens is 339 g/mol. The number of halogens is 1. The molecule has 0 aromatic heterocycles. The molecule has 25 heavy (non-hydrogen) atoms. The summed E-state index contributed by atoms with van der Waals surface area (Å²) in [5.74, 6) is 1.25. The lowest BCUT2D eigenvalue weighted by atomic mass is 10.2. The Morgan fingerprint density at radius 2 is 2.04 bits per heavy atom. The van der Waals surface area contributed by atoms with Gasteiger partial charge in [0, 0.05) is 12.2 Å². The number of nitrogens with one attached hydrogen (secondary N) is 1. The Morgan fingerprint density at radius 3 is 2.76 bits per heavy atom. The Kier molecular flexibility index (Phi) is 5.38. The van der Waals surface area contributed by atoms with Crippen LogP contribution in [-0.2, 0) is 0 Å². The minimum absolute atomic E-state index is 0.121. The first-order chi connectivity index (χ1) is 12.1. The fraction of sp³-hybridized carbons (Fsp3) is 0.316. The van der Waals surface area contributed by atoms with Gasteiger partial charge in [0.25, 0.3) is 0 Å². The predicted octanol–water partition coefficient (Wildman–Crippen LogP) is 3.99. The lowest BCUT2D eigenvalue weighted by molar-refractivity contribution is 0.0754. The van der Waals surface area contributed by atoms with Crippen molar-refractivity contribution in [3.8, 4) is 11.5 Å². The highest BCUT2D eigenvalue weighted by Gasteiger charge is 2.23. The molecule has 1 aliphatic rings. The summed E-state index contributed by atoms with van der Waals surface area (Å²) in [5, 5.41) is 3.63. The predicted molar refractivity (Wildman–Crippen MR) is 101 cm³/mol. The van der Waals surface area contributed by atoms with E-state index >= 15 is 0 Å². The first kappa shape index (κ1) is 17.5. The summed E-state index contributed by atoms with van der Waals surface area (Å²) in [5.41, 5.74) is 1.24. The van der Waals surface area contributed by atoms with E-state index in [1.54, 1.807) is 13.0 Å². The maximum absolute atomic E-state index is 13.7. The highest BCUT2D eigenvalue weighted by Crippen LogP contribution is 2.31. The number of thiocarbonyl (C=S) groups is 1. The maximum Gasteiger partial charge on any atom is 0.173 e. The fourth-order valence-corrected chi connectivity index (χ4v) is 2.95. The van der Waals surface area contributed by atoms with E-state index in [2.05, 4.69) is 5.32 Å². The zero-order valence-corrected chi connectivity index (χ0v) is 15.1. The molecule has 2 aromatic rings. The van der Waals surface area contributed by atoms with Crippen LogP contribution in [0.1, 0.15) is 12.5 Å². The van der Waals surface area contributed by atoms with E-state index < -0.39 is 0 Å². The Labute approximate surface area is 152 Å². The first-order valence-electron chi connectivity index (χ1n) is 8.27. The highest BCUT2D eigenvalue weighted by molar-refractivity contribution is 7.80. The Bertz CT molecular complexity index is 769. The van der Waals surface area contributed by atoms with Crippen LogP contribution < -0.4 is 14.8 Å². The summed E-state index contributed by atoms with van der Waals surface area (Å²) in [6.07, 6.45) is -0.121. The number of hydrogen-bond acceptors (Lipinski definition) is 3. The van der Waals surface area contributed by atoms with Gasteiger partial charge in [0.2, 0.25) is 0 Å². The van der Waals surface area contributed by atoms with E-state index in [9.17, 15) is 4.39 Å². The smallest absolute Gasteiger partial charge is 0.173 e. The molecule has 4 nitrogen and oxygen atoms in total. The summed E-state index contributed by atoms with van der Waals surface area (Å²) in [4.78, 5) is 1.98. The van der Waals surface area contributed by atoms with Crippen LogP contribution in [0.5, 0.6) is 11.5 Å². The van der Waals surface area contributed by atoms with Crippen LogP contribution in [0.15, 0.2) is 42.5 Å². The van der Waals surface area contributed by atoms with Crippen LogP contribution in [0, 0.1) is 12.7 Å². The molecule has 0 spiro atoms. The van der Waals surface area contributed by atoms with Crippen molar-refractivity contribution < 1.29 is 13.9 Å². The number of likely N-dealkylation sites (N-methyl/N-ethyl adjacent to an activating group) is 1. The van der Waals surface area contributed by atoms with Crippen molar-refractivity contribution in [3.63, 3.8) is 0 Å². The Morgan fingerprint density at radius 1 is 1.28 bits per heavy atom. The monoisotopic (exact) mass is 360 g/mol. The summed E-state index contributed by atoms with van der Waals surface area (Å²) in [6, 6.07) is 12.6. The van der Waals surface area contributed by atoms with E-state index in [4.69, 9.17) is 21.7 Å². The van der Waals surface area contributed by atoms with Crippen LogP contribution in [0.4, 0.5) is 10.1 Å². The number of aryl methyl sites for hydroxylation is 1. The van der Waals surface area contributed by atoms with Crippen molar-refractivity contribution in [2.75, 3.05) is 25.0 Å². The average molecular weight is 360 g/mol. The molecule has 1 heterocycles. The number of nitrogens with zero attached hydrogens (tertiary/aromatic N) is 1. The number of fused-ring (bicyclic) bond motifs is 1. The molecule has 0 saturated carbocycles. The molecule has 0 saturated heterocycles. The number of para-hydroxylation sites is 2. The van der Waals surface area contributed by atoms with Crippen LogP contribution in [0.3, 0.4) is 0 Å². The third-order valence-corrected chi connectivity index (χ3v) is 4.44. The van der Waals surface area contributed by atoms with Gasteiger partial charge in [-0.05, 0) is 55.9 Å². The zero-order chi connectivity index (χ0) is 17.8. The highest BCUT2D eigenvalue weighted by atomic mass is 32.1. The Balaban J connectivity index is 1.62. The van der Waals surface area contributed by atoms with Gasteiger partial charge in [-0.3, -0.25) is 0 Å².